The van der Waals surface area contributed by atoms with Crippen molar-refractivity contribution in [3.8, 4) is 22.4 Å². The van der Waals surface area contributed by atoms with Crippen LogP contribution in [0.5, 0.6) is 0 Å². The molecule has 3 nitrogen and oxygen atoms in total. The maximum Gasteiger partial charge on any atom is 0.164 e. The topological polar surface area (TPSA) is 50.2 Å². The molecule has 1 N–H and O–H groups in total. The van der Waals surface area contributed by atoms with E-state index in [0.29, 0.717) is 5.92 Å². The number of aliphatic hydroxyl groups excluding tert-OH is 1. The number of allylic oxidation sites excluding steroid dienone is 2. The van der Waals surface area contributed by atoms with Crippen LogP contribution in [0, 0.1) is 16.9 Å². The number of aliphatic hydroxyl groups is 1. The van der Waals surface area contributed by atoms with Crippen molar-refractivity contribution in [2.45, 2.75) is 67.7 Å². The van der Waals surface area contributed by atoms with Gasteiger partial charge in [0.25, 0.3) is 0 Å². The Kier molecular flexibility index (Phi) is 11.6. The first-order valence-electron chi connectivity index (χ1n) is 13.7. The van der Waals surface area contributed by atoms with E-state index in [1.54, 1.807) is 0 Å². The van der Waals surface area contributed by atoms with Gasteiger partial charge >= 0.3 is 0 Å². The van der Waals surface area contributed by atoms with Crippen LogP contribution in [0.1, 0.15) is 73.3 Å². The average Bonchev–Trinajstić information content (AvgIpc) is 2.91. The second-order valence-electron chi connectivity index (χ2n) is 12.2. The van der Waals surface area contributed by atoms with E-state index >= 15 is 0 Å². The molecule has 0 saturated heterocycles. The van der Waals surface area contributed by atoms with E-state index in [0.717, 1.165) is 17.7 Å². The van der Waals surface area contributed by atoms with Crippen LogP contribution < -0.4 is 0 Å². The first kappa shape index (κ1) is 33.1. The maximum absolute atomic E-state index is 11.5. The molecule has 1 heterocycles. The molecule has 4 heteroatoms. The Bertz CT molecular complexity index is 1440. The molecule has 0 amide bonds. The van der Waals surface area contributed by atoms with E-state index in [2.05, 4.69) is 85.6 Å². The summed E-state index contributed by atoms with van der Waals surface area (Å²) in [4.78, 5) is 16.2. The van der Waals surface area contributed by atoms with E-state index in [4.69, 9.17) is 0 Å². The van der Waals surface area contributed by atoms with E-state index in [9.17, 15) is 9.90 Å². The summed E-state index contributed by atoms with van der Waals surface area (Å²) in [5, 5.41) is 12.0. The van der Waals surface area contributed by atoms with Crippen LogP contribution in [0.15, 0.2) is 90.8 Å². The molecule has 0 saturated carbocycles. The molecular formula is C36H42IrNO2-. The molecule has 1 unspecified atom stereocenters. The zero-order chi connectivity index (χ0) is 28.8. The molecule has 0 aliphatic carbocycles. The number of benzene rings is 3. The number of nitrogens with zero attached hydrogens (tertiary/aromatic N) is 1. The molecule has 4 rings (SSSR count). The number of carbonyl (C=O) groups is 1. The largest absolute Gasteiger partial charge is 0.512 e. The van der Waals surface area contributed by atoms with E-state index in [1.807, 2.05) is 59.9 Å². The van der Waals surface area contributed by atoms with Gasteiger partial charge in [-0.3, -0.25) is 4.79 Å². The summed E-state index contributed by atoms with van der Waals surface area (Å²) in [6.07, 6.45) is 4.39. The van der Waals surface area contributed by atoms with E-state index in [-0.39, 0.29) is 37.1 Å². The molecule has 1 aromatic heterocycles. The van der Waals surface area contributed by atoms with Crippen molar-refractivity contribution < 1.29 is 30.0 Å². The summed E-state index contributed by atoms with van der Waals surface area (Å²) in [5.74, 6) is 0.677. The predicted molar refractivity (Wildman–Crippen MR) is 165 cm³/mol. The Hall–Kier alpha value is -3.07. The third kappa shape index (κ3) is 8.71. The molecule has 0 spiro atoms. The monoisotopic (exact) mass is 713 g/mol. The predicted octanol–water partition coefficient (Wildman–Crippen LogP) is 9.97. The molecule has 40 heavy (non-hydrogen) atoms. The van der Waals surface area contributed by atoms with Crippen LogP contribution in [-0.4, -0.2) is 15.9 Å². The number of ketones is 1. The molecule has 213 valence electrons. The third-order valence-corrected chi connectivity index (χ3v) is 6.91. The van der Waals surface area contributed by atoms with Gasteiger partial charge in [-0.05, 0) is 46.0 Å². The smallest absolute Gasteiger partial charge is 0.164 e. The van der Waals surface area contributed by atoms with Gasteiger partial charge in [0, 0.05) is 43.2 Å². The van der Waals surface area contributed by atoms with Crippen molar-refractivity contribution in [1.29, 1.82) is 0 Å². The number of hydrogen-bond acceptors (Lipinski definition) is 3. The van der Waals surface area contributed by atoms with Crippen LogP contribution in [0.4, 0.5) is 0 Å². The van der Waals surface area contributed by atoms with Crippen LogP contribution in [-0.2, 0) is 24.9 Å². The van der Waals surface area contributed by atoms with Crippen LogP contribution in [0.25, 0.3) is 33.2 Å². The summed E-state index contributed by atoms with van der Waals surface area (Å²) in [6.45, 7) is 15.6. The average molecular weight is 713 g/mol. The first-order valence-corrected chi connectivity index (χ1v) is 13.7. The van der Waals surface area contributed by atoms with Crippen molar-refractivity contribution >= 4 is 16.6 Å². The molecule has 0 bridgehead atoms. The summed E-state index contributed by atoms with van der Waals surface area (Å²) in [6, 6.07) is 28.9. The number of pyridine rings is 1. The minimum absolute atomic E-state index is 0. The Balaban J connectivity index is 0.000000344. The van der Waals surface area contributed by atoms with Gasteiger partial charge in [0.1, 0.15) is 5.76 Å². The number of aromatic nitrogens is 1. The number of hydrogen-bond donors (Lipinski definition) is 1. The van der Waals surface area contributed by atoms with Crippen LogP contribution in [0.3, 0.4) is 0 Å². The first-order chi connectivity index (χ1) is 18.3. The number of rotatable bonds is 5. The molecule has 4 aromatic rings. The molecule has 3 aromatic carbocycles. The van der Waals surface area contributed by atoms with Gasteiger partial charge in [0.05, 0.1) is 0 Å². The second kappa shape index (κ2) is 14.0. The van der Waals surface area contributed by atoms with Gasteiger partial charge in [-0.1, -0.05) is 104 Å². The maximum atomic E-state index is 11.5. The van der Waals surface area contributed by atoms with Gasteiger partial charge in [-0.15, -0.1) is 35.4 Å². The van der Waals surface area contributed by atoms with Gasteiger partial charge < -0.3 is 10.1 Å². The number of fused-ring (bicyclic) bond motifs is 1. The summed E-state index contributed by atoms with van der Waals surface area (Å²) in [7, 11) is 0. The fourth-order valence-electron chi connectivity index (χ4n) is 3.92. The Morgan fingerprint density at radius 3 is 2.20 bits per heavy atom. The molecule has 1 radical (unpaired) electrons. The Labute approximate surface area is 254 Å². The van der Waals surface area contributed by atoms with Gasteiger partial charge in [-0.25, -0.2) is 0 Å². The molecule has 0 aliphatic rings. The molecule has 1 atom stereocenters. The fourth-order valence-corrected chi connectivity index (χ4v) is 3.92. The zero-order valence-electron chi connectivity index (χ0n) is 25.0. The fraction of sp³-hybridized carbons (Fsp3) is 0.333. The normalized spacial score (nSPS) is 12.7. The Morgan fingerprint density at radius 1 is 0.925 bits per heavy atom. The Morgan fingerprint density at radius 2 is 1.60 bits per heavy atom. The van der Waals surface area contributed by atoms with Crippen molar-refractivity contribution in [3.63, 3.8) is 0 Å². The van der Waals surface area contributed by atoms with E-state index in [1.165, 1.54) is 33.5 Å². The SMILES string of the molecule is CC(C)(C)C(=O)/C=C(\O)C(C)(C)C.CCC(C)c1ccc2c(-c3[c-]ccc(-c4ccccc4)c3)nccc2c1.[Ir]. The second-order valence-corrected chi connectivity index (χ2v) is 12.2. The van der Waals surface area contributed by atoms with Gasteiger partial charge in [0.15, 0.2) is 5.78 Å². The van der Waals surface area contributed by atoms with Gasteiger partial charge in [-0.2, -0.15) is 0 Å². The quantitative estimate of drug-likeness (QED) is 0.127. The van der Waals surface area contributed by atoms with Crippen molar-refractivity contribution in [3.05, 3.63) is 102 Å². The minimum Gasteiger partial charge on any atom is -0.512 e. The minimum atomic E-state index is -0.417. The van der Waals surface area contributed by atoms with Gasteiger partial charge in [0.2, 0.25) is 0 Å². The standard InChI is InChI=1S/C25H22N.C11H20O2.Ir/c1-3-18(2)20-12-13-24-22(16-20)14-15-26-25(24)23-11-7-10-21(17-23)19-8-5-4-6-9-19;1-10(2,3)8(12)7-9(13)11(4,5)6;/h4-10,12-18H,3H2,1-2H3;7,12H,1-6H3;/q-1;;/b;8-7-;. The van der Waals surface area contributed by atoms with Crippen molar-refractivity contribution in [2.24, 2.45) is 10.8 Å². The molecule has 0 aliphatic heterocycles. The molecule has 0 fully saturated rings. The summed E-state index contributed by atoms with van der Waals surface area (Å²) < 4.78 is 0. The van der Waals surface area contributed by atoms with Crippen LogP contribution >= 0.6 is 0 Å². The van der Waals surface area contributed by atoms with E-state index < -0.39 is 5.41 Å². The molecular weight excluding hydrogens is 671 g/mol. The summed E-state index contributed by atoms with van der Waals surface area (Å²) >= 11 is 0. The summed E-state index contributed by atoms with van der Waals surface area (Å²) in [5.41, 5.74) is 5.06. The zero-order valence-corrected chi connectivity index (χ0v) is 27.4. The van der Waals surface area contributed by atoms with Crippen LogP contribution in [0.2, 0.25) is 0 Å². The third-order valence-electron chi connectivity index (χ3n) is 6.91. The van der Waals surface area contributed by atoms with Crippen molar-refractivity contribution in [2.75, 3.05) is 0 Å². The van der Waals surface area contributed by atoms with Crippen molar-refractivity contribution in [1.82, 2.24) is 4.98 Å². The number of carbonyl (C=O) groups excluding carboxylic acids is 1.